The van der Waals surface area contributed by atoms with Crippen LogP contribution < -0.4 is 5.73 Å². The van der Waals surface area contributed by atoms with Gasteiger partial charge in [0.1, 0.15) is 5.01 Å². The normalized spacial score (nSPS) is 16.6. The molecule has 1 aliphatic rings. The summed E-state index contributed by atoms with van der Waals surface area (Å²) in [6, 6.07) is 8.16. The van der Waals surface area contributed by atoms with Crippen LogP contribution in [0.4, 0.5) is 5.69 Å². The molecule has 5 nitrogen and oxygen atoms in total. The Hall–Kier alpha value is -1.95. The fraction of sp³-hybridized carbons (Fsp3) is 0.357. The number of fused-ring (bicyclic) bond motifs is 1. The number of nitrogens with zero attached hydrogens (tertiary/aromatic N) is 4. The summed E-state index contributed by atoms with van der Waals surface area (Å²) in [6.07, 6.45) is 3.13. The third-order valence-corrected chi connectivity index (χ3v) is 5.10. The van der Waals surface area contributed by atoms with Crippen LogP contribution in [0.2, 0.25) is 0 Å². The third-order valence-electron chi connectivity index (χ3n) is 3.99. The van der Waals surface area contributed by atoms with Gasteiger partial charge in [-0.2, -0.15) is 9.61 Å². The Kier molecular flexibility index (Phi) is 2.38. The van der Waals surface area contributed by atoms with Crippen molar-refractivity contribution in [2.75, 3.05) is 5.73 Å². The Morgan fingerprint density at radius 3 is 2.65 bits per heavy atom. The molecule has 0 bridgehead atoms. The highest BCUT2D eigenvalue weighted by atomic mass is 32.1. The van der Waals surface area contributed by atoms with E-state index in [1.165, 1.54) is 5.56 Å². The molecule has 6 heteroatoms. The van der Waals surface area contributed by atoms with Crippen molar-refractivity contribution in [3.63, 3.8) is 0 Å². The number of aryl methyl sites for hydroxylation is 1. The van der Waals surface area contributed by atoms with Crippen LogP contribution in [0.25, 0.3) is 4.96 Å². The first kappa shape index (κ1) is 11.8. The molecule has 0 saturated heterocycles. The van der Waals surface area contributed by atoms with Crippen LogP contribution in [0.5, 0.6) is 0 Å². The molecule has 2 N–H and O–H groups in total. The molecule has 2 heterocycles. The molecule has 2 aromatic heterocycles. The van der Waals surface area contributed by atoms with Crippen molar-refractivity contribution >= 4 is 22.0 Å². The number of benzene rings is 1. The summed E-state index contributed by atoms with van der Waals surface area (Å²) in [5.74, 6) is 0.926. The highest BCUT2D eigenvalue weighted by Crippen LogP contribution is 2.54. The van der Waals surface area contributed by atoms with Crippen LogP contribution >= 0.6 is 11.3 Å². The number of nitrogens with two attached hydrogens (primary N) is 1. The lowest BCUT2D eigenvalue weighted by molar-refractivity contribution is 0.756. The zero-order valence-electron chi connectivity index (χ0n) is 11.2. The van der Waals surface area contributed by atoms with Crippen molar-refractivity contribution in [1.82, 2.24) is 19.8 Å². The van der Waals surface area contributed by atoms with Crippen molar-refractivity contribution in [2.24, 2.45) is 0 Å². The average molecular weight is 285 g/mol. The quantitative estimate of drug-likeness (QED) is 0.750. The molecule has 0 atom stereocenters. The van der Waals surface area contributed by atoms with Gasteiger partial charge < -0.3 is 5.73 Å². The highest BCUT2D eigenvalue weighted by Gasteiger charge is 2.49. The molecule has 1 saturated carbocycles. The molecule has 3 aromatic rings. The highest BCUT2D eigenvalue weighted by molar-refractivity contribution is 7.16. The van der Waals surface area contributed by atoms with Crippen LogP contribution in [0.1, 0.15) is 36.2 Å². The van der Waals surface area contributed by atoms with E-state index in [9.17, 15) is 0 Å². The van der Waals surface area contributed by atoms with E-state index in [-0.39, 0.29) is 5.41 Å². The maximum absolute atomic E-state index is 5.78. The van der Waals surface area contributed by atoms with E-state index in [0.717, 1.165) is 40.7 Å². The molecule has 0 spiro atoms. The van der Waals surface area contributed by atoms with Crippen LogP contribution in [0.15, 0.2) is 24.3 Å². The van der Waals surface area contributed by atoms with E-state index >= 15 is 0 Å². The van der Waals surface area contributed by atoms with E-state index in [0.29, 0.717) is 0 Å². The van der Waals surface area contributed by atoms with Crippen LogP contribution in [0, 0.1) is 0 Å². The minimum absolute atomic E-state index is 0.0735. The molecule has 0 radical (unpaired) electrons. The van der Waals surface area contributed by atoms with E-state index in [1.54, 1.807) is 11.3 Å². The molecule has 102 valence electrons. The van der Waals surface area contributed by atoms with Gasteiger partial charge in [0.25, 0.3) is 0 Å². The van der Waals surface area contributed by atoms with Crippen LogP contribution in [-0.4, -0.2) is 19.8 Å². The summed E-state index contributed by atoms with van der Waals surface area (Å²) >= 11 is 1.65. The first-order valence-electron chi connectivity index (χ1n) is 6.80. The van der Waals surface area contributed by atoms with Crippen molar-refractivity contribution in [3.05, 3.63) is 40.7 Å². The number of aromatic nitrogens is 4. The summed E-state index contributed by atoms with van der Waals surface area (Å²) in [5, 5.41) is 14.3. The number of anilines is 1. The molecule has 1 aliphatic carbocycles. The van der Waals surface area contributed by atoms with Gasteiger partial charge in [-0.05, 0) is 30.5 Å². The number of nitrogen functional groups attached to an aromatic ring is 1. The molecule has 1 fully saturated rings. The van der Waals surface area contributed by atoms with Crippen LogP contribution in [0.3, 0.4) is 0 Å². The fourth-order valence-corrected chi connectivity index (χ4v) is 3.75. The summed E-state index contributed by atoms with van der Waals surface area (Å²) in [5.41, 5.74) is 7.95. The van der Waals surface area contributed by atoms with Crippen molar-refractivity contribution < 1.29 is 0 Å². The number of rotatable bonds is 3. The maximum atomic E-state index is 5.78. The Labute approximate surface area is 120 Å². The smallest absolute Gasteiger partial charge is 0.234 e. The molecule has 0 unspecified atom stereocenters. The number of hydrogen-bond acceptors (Lipinski definition) is 5. The molecule has 4 rings (SSSR count). The fourth-order valence-electron chi connectivity index (χ4n) is 2.62. The van der Waals surface area contributed by atoms with Gasteiger partial charge >= 0.3 is 0 Å². The molecule has 20 heavy (non-hydrogen) atoms. The van der Waals surface area contributed by atoms with E-state index < -0.39 is 0 Å². The Morgan fingerprint density at radius 1 is 1.25 bits per heavy atom. The zero-order valence-corrected chi connectivity index (χ0v) is 12.0. The summed E-state index contributed by atoms with van der Waals surface area (Å²) in [6.45, 7) is 2.07. The summed E-state index contributed by atoms with van der Waals surface area (Å²) in [4.78, 5) is 0.888. The molecular formula is C14H15N5S. The van der Waals surface area contributed by atoms with Crippen LogP contribution in [-0.2, 0) is 11.8 Å². The topological polar surface area (TPSA) is 69.1 Å². The lowest BCUT2D eigenvalue weighted by Gasteiger charge is -2.12. The first-order valence-corrected chi connectivity index (χ1v) is 7.62. The standard InChI is InChI=1S/C14H15N5S/c1-2-11-16-17-13-19(11)18-12(20-13)14(7-8-14)9-3-5-10(15)6-4-9/h3-6H,2,7-8,15H2,1H3. The predicted octanol–water partition coefficient (Wildman–Crippen LogP) is 2.41. The third kappa shape index (κ3) is 1.57. The Balaban J connectivity index is 1.81. The second-order valence-electron chi connectivity index (χ2n) is 5.28. The minimum Gasteiger partial charge on any atom is -0.399 e. The van der Waals surface area contributed by atoms with E-state index in [4.69, 9.17) is 10.8 Å². The van der Waals surface area contributed by atoms with Gasteiger partial charge in [0.05, 0.1) is 0 Å². The van der Waals surface area contributed by atoms with Gasteiger partial charge in [-0.1, -0.05) is 30.4 Å². The average Bonchev–Trinajstić information content (AvgIpc) is 3.01. The lowest BCUT2D eigenvalue weighted by Crippen LogP contribution is -2.09. The lowest BCUT2D eigenvalue weighted by atomic mass is 9.97. The minimum atomic E-state index is 0.0735. The SMILES string of the molecule is CCc1nnc2sc(C3(c4ccc(N)cc4)CC3)nn12. The largest absolute Gasteiger partial charge is 0.399 e. The van der Waals surface area contributed by atoms with Gasteiger partial charge in [0.15, 0.2) is 5.82 Å². The molecular weight excluding hydrogens is 270 g/mol. The van der Waals surface area contributed by atoms with Gasteiger partial charge in [-0.25, -0.2) is 0 Å². The summed E-state index contributed by atoms with van der Waals surface area (Å²) < 4.78 is 1.89. The van der Waals surface area contributed by atoms with Gasteiger partial charge in [-0.15, -0.1) is 10.2 Å². The molecule has 0 amide bonds. The van der Waals surface area contributed by atoms with Gasteiger partial charge in [0, 0.05) is 17.5 Å². The Morgan fingerprint density at radius 2 is 2.00 bits per heavy atom. The second-order valence-corrected chi connectivity index (χ2v) is 6.23. The van der Waals surface area contributed by atoms with Crippen molar-refractivity contribution in [2.45, 2.75) is 31.6 Å². The molecule has 0 aliphatic heterocycles. The monoisotopic (exact) mass is 285 g/mol. The first-order chi connectivity index (χ1) is 9.73. The predicted molar refractivity (Wildman–Crippen MR) is 78.9 cm³/mol. The number of hydrogen-bond donors (Lipinski definition) is 1. The van der Waals surface area contributed by atoms with E-state index in [2.05, 4.69) is 29.3 Å². The van der Waals surface area contributed by atoms with Gasteiger partial charge in [0.2, 0.25) is 4.96 Å². The summed E-state index contributed by atoms with van der Waals surface area (Å²) in [7, 11) is 0. The zero-order chi connectivity index (χ0) is 13.7. The van der Waals surface area contributed by atoms with Gasteiger partial charge in [-0.3, -0.25) is 0 Å². The molecule has 1 aromatic carbocycles. The Bertz CT molecular complexity index is 767. The second kappa shape index (κ2) is 4.02. The maximum Gasteiger partial charge on any atom is 0.234 e. The van der Waals surface area contributed by atoms with Crippen molar-refractivity contribution in [1.29, 1.82) is 0 Å². The van der Waals surface area contributed by atoms with Crippen molar-refractivity contribution in [3.8, 4) is 0 Å². The van der Waals surface area contributed by atoms with E-state index in [1.807, 2.05) is 16.6 Å².